The van der Waals surface area contributed by atoms with E-state index in [4.69, 9.17) is 4.74 Å². The van der Waals surface area contributed by atoms with Crippen LogP contribution in [0, 0.1) is 0 Å². The molecule has 0 aliphatic carbocycles. The summed E-state index contributed by atoms with van der Waals surface area (Å²) in [5.41, 5.74) is 0.668. The Hall–Kier alpha value is -0.940. The van der Waals surface area contributed by atoms with Crippen LogP contribution in [0.25, 0.3) is 0 Å². The SMILES string of the molecule is CCc1nc(COC)c(C(=O)OC)s1. The standard InChI is InChI=1S/C9H13NO3S/c1-4-7-10-6(5-12-2)8(14-7)9(11)13-3/h4-5H2,1-3H3. The van der Waals surface area contributed by atoms with Crippen molar-refractivity contribution in [1.29, 1.82) is 0 Å². The van der Waals surface area contributed by atoms with Gasteiger partial charge in [0, 0.05) is 7.11 Å². The van der Waals surface area contributed by atoms with E-state index >= 15 is 0 Å². The lowest BCUT2D eigenvalue weighted by Gasteiger charge is -1.98. The molecule has 0 spiro atoms. The van der Waals surface area contributed by atoms with E-state index in [2.05, 4.69) is 9.72 Å². The van der Waals surface area contributed by atoms with E-state index in [-0.39, 0.29) is 5.97 Å². The lowest BCUT2D eigenvalue weighted by molar-refractivity contribution is 0.0601. The summed E-state index contributed by atoms with van der Waals surface area (Å²) in [6, 6.07) is 0. The van der Waals surface area contributed by atoms with Gasteiger partial charge >= 0.3 is 5.97 Å². The molecule has 0 unspecified atom stereocenters. The summed E-state index contributed by atoms with van der Waals surface area (Å²) in [7, 11) is 2.94. The van der Waals surface area contributed by atoms with Crippen LogP contribution in [0.1, 0.15) is 27.3 Å². The van der Waals surface area contributed by atoms with E-state index in [1.165, 1.54) is 18.4 Å². The van der Waals surface area contributed by atoms with Gasteiger partial charge in [0.15, 0.2) is 0 Å². The summed E-state index contributed by atoms with van der Waals surface area (Å²) in [5.74, 6) is -0.339. The second-order valence-corrected chi connectivity index (χ2v) is 3.75. The second kappa shape index (κ2) is 5.07. The zero-order valence-electron chi connectivity index (χ0n) is 8.49. The molecule has 5 heteroatoms. The maximum atomic E-state index is 11.3. The Labute approximate surface area is 86.9 Å². The Morgan fingerprint density at radius 2 is 2.21 bits per heavy atom. The van der Waals surface area contributed by atoms with E-state index < -0.39 is 0 Å². The van der Waals surface area contributed by atoms with Crippen molar-refractivity contribution in [3.63, 3.8) is 0 Å². The van der Waals surface area contributed by atoms with Crippen LogP contribution in [-0.4, -0.2) is 25.2 Å². The lowest BCUT2D eigenvalue weighted by atomic mass is 10.4. The van der Waals surface area contributed by atoms with Crippen molar-refractivity contribution in [1.82, 2.24) is 4.98 Å². The molecule has 0 radical (unpaired) electrons. The molecule has 0 N–H and O–H groups in total. The molecule has 1 aromatic rings. The zero-order chi connectivity index (χ0) is 10.6. The van der Waals surface area contributed by atoms with Gasteiger partial charge in [-0.05, 0) is 6.42 Å². The van der Waals surface area contributed by atoms with Crippen LogP contribution in [0.4, 0.5) is 0 Å². The molecule has 0 aliphatic heterocycles. The molecule has 0 aliphatic rings. The van der Waals surface area contributed by atoms with Gasteiger partial charge in [0.25, 0.3) is 0 Å². The quantitative estimate of drug-likeness (QED) is 0.716. The Morgan fingerprint density at radius 3 is 2.71 bits per heavy atom. The molecule has 14 heavy (non-hydrogen) atoms. The molecule has 0 saturated heterocycles. The highest BCUT2D eigenvalue weighted by atomic mass is 32.1. The van der Waals surface area contributed by atoms with Crippen molar-refractivity contribution in [3.8, 4) is 0 Å². The Bertz CT molecular complexity index is 322. The van der Waals surface area contributed by atoms with Gasteiger partial charge in [0.1, 0.15) is 4.88 Å². The van der Waals surface area contributed by atoms with Crippen molar-refractivity contribution in [2.75, 3.05) is 14.2 Å². The van der Waals surface area contributed by atoms with Gasteiger partial charge in [0.2, 0.25) is 0 Å². The van der Waals surface area contributed by atoms with Crippen molar-refractivity contribution in [2.24, 2.45) is 0 Å². The molecule has 0 saturated carbocycles. The fourth-order valence-electron chi connectivity index (χ4n) is 1.04. The third kappa shape index (κ3) is 2.30. The van der Waals surface area contributed by atoms with Crippen molar-refractivity contribution in [2.45, 2.75) is 20.0 Å². The average molecular weight is 215 g/mol. The molecular weight excluding hydrogens is 202 g/mol. The van der Waals surface area contributed by atoms with E-state index in [0.29, 0.717) is 17.2 Å². The van der Waals surface area contributed by atoms with Gasteiger partial charge in [-0.25, -0.2) is 9.78 Å². The van der Waals surface area contributed by atoms with Crippen LogP contribution < -0.4 is 0 Å². The predicted octanol–water partition coefficient (Wildman–Crippen LogP) is 1.64. The first-order valence-corrected chi connectivity index (χ1v) is 5.10. The van der Waals surface area contributed by atoms with Crippen molar-refractivity contribution >= 4 is 17.3 Å². The second-order valence-electron chi connectivity index (χ2n) is 2.66. The van der Waals surface area contributed by atoms with Crippen LogP contribution in [-0.2, 0) is 22.5 Å². The van der Waals surface area contributed by atoms with Crippen LogP contribution in [0.3, 0.4) is 0 Å². The third-order valence-corrected chi connectivity index (χ3v) is 2.92. The number of aryl methyl sites for hydroxylation is 1. The summed E-state index contributed by atoms with van der Waals surface area (Å²) in [4.78, 5) is 16.2. The van der Waals surface area contributed by atoms with Gasteiger partial charge in [-0.15, -0.1) is 11.3 Å². The molecular formula is C9H13NO3S. The Kier molecular flexibility index (Phi) is 4.03. The zero-order valence-corrected chi connectivity index (χ0v) is 9.31. The van der Waals surface area contributed by atoms with Gasteiger partial charge in [0.05, 0.1) is 24.4 Å². The monoisotopic (exact) mass is 215 g/mol. The number of nitrogens with zero attached hydrogens (tertiary/aromatic N) is 1. The maximum Gasteiger partial charge on any atom is 0.350 e. The van der Waals surface area contributed by atoms with E-state index in [9.17, 15) is 4.79 Å². The largest absolute Gasteiger partial charge is 0.465 e. The average Bonchev–Trinajstić information content (AvgIpc) is 2.61. The van der Waals surface area contributed by atoms with Gasteiger partial charge in [-0.3, -0.25) is 0 Å². The number of thiazole rings is 1. The summed E-state index contributed by atoms with van der Waals surface area (Å²) >= 11 is 1.37. The fourth-order valence-corrected chi connectivity index (χ4v) is 1.96. The Morgan fingerprint density at radius 1 is 1.50 bits per heavy atom. The minimum atomic E-state index is -0.339. The van der Waals surface area contributed by atoms with Gasteiger partial charge < -0.3 is 9.47 Å². The summed E-state index contributed by atoms with van der Waals surface area (Å²) in [6.45, 7) is 2.34. The number of aromatic nitrogens is 1. The molecule has 78 valence electrons. The first-order valence-electron chi connectivity index (χ1n) is 4.28. The smallest absolute Gasteiger partial charge is 0.350 e. The molecule has 0 aromatic carbocycles. The summed E-state index contributed by atoms with van der Waals surface area (Å²) < 4.78 is 9.61. The molecule has 0 bridgehead atoms. The van der Waals surface area contributed by atoms with Crippen LogP contribution >= 0.6 is 11.3 Å². The van der Waals surface area contributed by atoms with Crippen molar-refractivity contribution in [3.05, 3.63) is 15.6 Å². The lowest BCUT2D eigenvalue weighted by Crippen LogP contribution is -2.03. The number of ether oxygens (including phenoxy) is 2. The number of methoxy groups -OCH3 is 2. The minimum Gasteiger partial charge on any atom is -0.465 e. The summed E-state index contributed by atoms with van der Waals surface area (Å²) in [6.07, 6.45) is 0.818. The number of hydrogen-bond acceptors (Lipinski definition) is 5. The van der Waals surface area contributed by atoms with E-state index in [0.717, 1.165) is 11.4 Å². The molecule has 4 nitrogen and oxygen atoms in total. The van der Waals surface area contributed by atoms with Gasteiger partial charge in [-0.2, -0.15) is 0 Å². The highest BCUT2D eigenvalue weighted by Gasteiger charge is 2.17. The van der Waals surface area contributed by atoms with E-state index in [1.54, 1.807) is 7.11 Å². The summed E-state index contributed by atoms with van der Waals surface area (Å²) in [5, 5.41) is 0.928. The van der Waals surface area contributed by atoms with Crippen LogP contribution in [0.5, 0.6) is 0 Å². The predicted molar refractivity (Wildman–Crippen MR) is 53.5 cm³/mol. The third-order valence-electron chi connectivity index (χ3n) is 1.70. The first kappa shape index (κ1) is 11.1. The highest BCUT2D eigenvalue weighted by molar-refractivity contribution is 7.13. The molecule has 0 fully saturated rings. The normalized spacial score (nSPS) is 10.2. The molecule has 1 heterocycles. The first-order chi connectivity index (χ1) is 6.72. The van der Waals surface area contributed by atoms with Gasteiger partial charge in [-0.1, -0.05) is 6.92 Å². The molecule has 1 rings (SSSR count). The maximum absolute atomic E-state index is 11.3. The topological polar surface area (TPSA) is 48.4 Å². The Balaban J connectivity index is 2.99. The van der Waals surface area contributed by atoms with Crippen LogP contribution in [0.2, 0.25) is 0 Å². The number of hydrogen-bond donors (Lipinski definition) is 0. The molecule has 0 amide bonds. The van der Waals surface area contributed by atoms with Crippen LogP contribution in [0.15, 0.2) is 0 Å². The number of carbonyl (C=O) groups excluding carboxylic acids is 1. The fraction of sp³-hybridized carbons (Fsp3) is 0.556. The molecule has 1 aromatic heterocycles. The van der Waals surface area contributed by atoms with E-state index in [1.807, 2.05) is 6.92 Å². The minimum absolute atomic E-state index is 0.339. The molecule has 0 atom stereocenters. The number of carbonyl (C=O) groups is 1. The number of rotatable bonds is 4. The highest BCUT2D eigenvalue weighted by Crippen LogP contribution is 2.20. The number of esters is 1. The van der Waals surface area contributed by atoms with Crippen molar-refractivity contribution < 1.29 is 14.3 Å².